The van der Waals surface area contributed by atoms with Crippen molar-refractivity contribution in [3.05, 3.63) is 83.7 Å². The molecule has 0 aliphatic heterocycles. The van der Waals surface area contributed by atoms with E-state index in [2.05, 4.69) is 5.32 Å². The minimum atomic E-state index is -0.103. The number of aryl methyl sites for hydroxylation is 1. The molecule has 1 aromatic heterocycles. The molecule has 0 aliphatic rings. The highest BCUT2D eigenvalue weighted by molar-refractivity contribution is 6.13. The minimum Gasteiger partial charge on any atom is -0.493 e. The van der Waals surface area contributed by atoms with Gasteiger partial charge in [-0.3, -0.25) is 4.79 Å². The fourth-order valence-corrected chi connectivity index (χ4v) is 4.38. The van der Waals surface area contributed by atoms with Gasteiger partial charge >= 0.3 is 0 Å². The van der Waals surface area contributed by atoms with Crippen molar-refractivity contribution in [1.82, 2.24) is 4.57 Å². The average molecular weight is 529 g/mol. The normalized spacial score (nSPS) is 11.2. The molecule has 0 saturated heterocycles. The van der Waals surface area contributed by atoms with Gasteiger partial charge < -0.3 is 33.6 Å². The molecule has 4 aromatic rings. The van der Waals surface area contributed by atoms with Gasteiger partial charge in [-0.2, -0.15) is 0 Å². The van der Waals surface area contributed by atoms with E-state index in [1.54, 1.807) is 41.7 Å². The number of para-hydroxylation sites is 1. The van der Waals surface area contributed by atoms with Crippen LogP contribution >= 0.6 is 0 Å². The first-order chi connectivity index (χ1) is 18.9. The molecule has 3 aromatic carbocycles. The zero-order valence-electron chi connectivity index (χ0n) is 22.9. The van der Waals surface area contributed by atoms with E-state index in [4.69, 9.17) is 23.7 Å². The van der Waals surface area contributed by atoms with E-state index < -0.39 is 0 Å². The Morgan fingerprint density at radius 2 is 1.44 bits per heavy atom. The van der Waals surface area contributed by atoms with Crippen LogP contribution in [0.3, 0.4) is 0 Å². The molecular formula is C31H32N2O6. The second kappa shape index (κ2) is 12.1. The predicted octanol–water partition coefficient (Wildman–Crippen LogP) is 6.20. The first kappa shape index (κ1) is 27.2. The lowest BCUT2D eigenvalue weighted by Crippen LogP contribution is -1.99. The third kappa shape index (κ3) is 5.70. The summed E-state index contributed by atoms with van der Waals surface area (Å²) in [4.78, 5) is 13.0. The summed E-state index contributed by atoms with van der Waals surface area (Å²) in [7, 11) is 9.81. The Labute approximate surface area is 228 Å². The van der Waals surface area contributed by atoms with Gasteiger partial charge in [0.1, 0.15) is 0 Å². The van der Waals surface area contributed by atoms with Crippen LogP contribution in [0.25, 0.3) is 23.1 Å². The van der Waals surface area contributed by atoms with Gasteiger partial charge in [-0.1, -0.05) is 30.4 Å². The van der Waals surface area contributed by atoms with Crippen LogP contribution in [-0.4, -0.2) is 45.9 Å². The minimum absolute atomic E-state index is 0.103. The number of allylic oxidation sites excluding steroid dienone is 1. The lowest BCUT2D eigenvalue weighted by atomic mass is 10.1. The maximum Gasteiger partial charge on any atom is 0.203 e. The Morgan fingerprint density at radius 3 is 2.08 bits per heavy atom. The summed E-state index contributed by atoms with van der Waals surface area (Å²) in [5, 5.41) is 4.14. The number of nitrogens with zero attached hydrogens (tertiary/aromatic N) is 1. The molecular weight excluding hydrogens is 496 g/mol. The molecule has 8 heteroatoms. The summed E-state index contributed by atoms with van der Waals surface area (Å²) >= 11 is 0. The number of carbonyl (C=O) groups is 1. The number of ether oxygens (including phenoxy) is 5. The van der Waals surface area contributed by atoms with Crippen LogP contribution in [0.2, 0.25) is 0 Å². The van der Waals surface area contributed by atoms with E-state index in [1.165, 1.54) is 6.08 Å². The number of nitrogens with one attached hydrogen (secondary N) is 1. The number of methoxy groups -OCH3 is 5. The van der Waals surface area contributed by atoms with Gasteiger partial charge in [-0.15, -0.1) is 0 Å². The van der Waals surface area contributed by atoms with Gasteiger partial charge in [0.25, 0.3) is 0 Å². The van der Waals surface area contributed by atoms with Gasteiger partial charge in [-0.05, 0) is 29.8 Å². The number of carbonyl (C=O) groups excluding carboxylic acids is 1. The largest absolute Gasteiger partial charge is 0.493 e. The first-order valence-corrected chi connectivity index (χ1v) is 12.2. The second-order valence-electron chi connectivity index (χ2n) is 8.60. The van der Waals surface area contributed by atoms with Crippen molar-refractivity contribution in [3.63, 3.8) is 0 Å². The zero-order chi connectivity index (χ0) is 27.9. The van der Waals surface area contributed by atoms with Crippen LogP contribution in [0.15, 0.2) is 67.0 Å². The average Bonchev–Trinajstić information content (AvgIpc) is 3.31. The number of aromatic nitrogens is 1. The first-order valence-electron chi connectivity index (χ1n) is 12.2. The van der Waals surface area contributed by atoms with Crippen molar-refractivity contribution >= 4 is 34.5 Å². The topological polar surface area (TPSA) is 80.2 Å². The van der Waals surface area contributed by atoms with Gasteiger partial charge in [0, 0.05) is 59.3 Å². The number of fused-ring (bicyclic) bond motifs is 1. The van der Waals surface area contributed by atoms with Crippen molar-refractivity contribution < 1.29 is 28.5 Å². The molecule has 0 atom stereocenters. The molecule has 0 radical (unpaired) electrons. The molecule has 1 heterocycles. The zero-order valence-corrected chi connectivity index (χ0v) is 22.9. The number of anilines is 1. The van der Waals surface area contributed by atoms with Gasteiger partial charge in [0.05, 0.1) is 35.5 Å². The van der Waals surface area contributed by atoms with E-state index in [1.807, 2.05) is 78.5 Å². The molecule has 0 saturated carbocycles. The summed E-state index contributed by atoms with van der Waals surface area (Å²) in [6.45, 7) is 0. The Balaban J connectivity index is 1.65. The molecule has 0 spiro atoms. The highest BCUT2D eigenvalue weighted by atomic mass is 16.5. The molecule has 1 N–H and O–H groups in total. The van der Waals surface area contributed by atoms with Crippen molar-refractivity contribution in [2.45, 2.75) is 0 Å². The predicted molar refractivity (Wildman–Crippen MR) is 155 cm³/mol. The number of benzene rings is 3. The van der Waals surface area contributed by atoms with Crippen LogP contribution in [0, 0.1) is 0 Å². The highest BCUT2D eigenvalue weighted by Crippen LogP contribution is 2.39. The standard InChI is InChI=1S/C31H32N2O6/c1-33-19-23(22-9-7-8-10-25(22)33)26(34)13-14-32-24-18-28(36-3)27(35-2)17-21(24)12-11-20-15-29(37-4)31(39-6)30(16-20)38-5/h7-19,32H,1-6H3/b12-11-,14-13-. The molecule has 39 heavy (non-hydrogen) atoms. The lowest BCUT2D eigenvalue weighted by Gasteiger charge is -2.14. The molecule has 0 fully saturated rings. The Kier molecular flexibility index (Phi) is 8.46. The molecule has 202 valence electrons. The van der Waals surface area contributed by atoms with Gasteiger partial charge in [-0.25, -0.2) is 0 Å². The smallest absolute Gasteiger partial charge is 0.203 e. The Morgan fingerprint density at radius 1 is 0.795 bits per heavy atom. The van der Waals surface area contributed by atoms with Crippen LogP contribution < -0.4 is 29.0 Å². The molecule has 0 amide bonds. The molecule has 0 bridgehead atoms. The Bertz CT molecular complexity index is 1530. The number of hydrogen-bond donors (Lipinski definition) is 1. The molecule has 0 aliphatic carbocycles. The molecule has 0 unspecified atom stereocenters. The Hall–Kier alpha value is -4.85. The van der Waals surface area contributed by atoms with Gasteiger partial charge in [0.15, 0.2) is 28.8 Å². The number of rotatable bonds is 11. The van der Waals surface area contributed by atoms with Crippen molar-refractivity contribution in [3.8, 4) is 28.7 Å². The van der Waals surface area contributed by atoms with E-state index in [-0.39, 0.29) is 5.78 Å². The maximum atomic E-state index is 13.0. The summed E-state index contributed by atoms with van der Waals surface area (Å²) in [5.41, 5.74) is 4.01. The van der Waals surface area contributed by atoms with Crippen molar-refractivity contribution in [2.75, 3.05) is 40.9 Å². The van der Waals surface area contributed by atoms with E-state index in [0.29, 0.717) is 34.3 Å². The van der Waals surface area contributed by atoms with Crippen molar-refractivity contribution in [2.24, 2.45) is 7.05 Å². The summed E-state index contributed by atoms with van der Waals surface area (Å²) < 4.78 is 29.3. The number of ketones is 1. The molecule has 4 rings (SSSR count). The van der Waals surface area contributed by atoms with E-state index in [0.717, 1.165) is 27.7 Å². The monoisotopic (exact) mass is 528 g/mol. The summed E-state index contributed by atoms with van der Waals surface area (Å²) in [6.07, 6.45) is 8.83. The lowest BCUT2D eigenvalue weighted by molar-refractivity contribution is 0.104. The van der Waals surface area contributed by atoms with Crippen LogP contribution in [0.1, 0.15) is 21.5 Å². The quantitative estimate of drug-likeness (QED) is 0.141. The van der Waals surface area contributed by atoms with Crippen LogP contribution in [-0.2, 0) is 7.05 Å². The van der Waals surface area contributed by atoms with E-state index >= 15 is 0 Å². The molecule has 8 nitrogen and oxygen atoms in total. The SMILES string of the molecule is COc1cc(/C=C\c2cc(OC)c(OC)c(OC)c2)c(N/C=C\C(=O)c2cn(C)c3ccccc23)cc1OC. The summed E-state index contributed by atoms with van der Waals surface area (Å²) in [5.74, 6) is 2.65. The number of hydrogen-bond acceptors (Lipinski definition) is 7. The maximum absolute atomic E-state index is 13.0. The summed E-state index contributed by atoms with van der Waals surface area (Å²) in [6, 6.07) is 15.2. The third-order valence-corrected chi connectivity index (χ3v) is 6.33. The van der Waals surface area contributed by atoms with Gasteiger partial charge in [0.2, 0.25) is 5.75 Å². The van der Waals surface area contributed by atoms with Crippen LogP contribution in [0.4, 0.5) is 5.69 Å². The second-order valence-corrected chi connectivity index (χ2v) is 8.60. The van der Waals surface area contributed by atoms with E-state index in [9.17, 15) is 4.79 Å². The van der Waals surface area contributed by atoms with Crippen molar-refractivity contribution in [1.29, 1.82) is 0 Å². The van der Waals surface area contributed by atoms with Crippen LogP contribution in [0.5, 0.6) is 28.7 Å². The third-order valence-electron chi connectivity index (χ3n) is 6.33. The highest BCUT2D eigenvalue weighted by Gasteiger charge is 2.14. The fraction of sp³-hybridized carbons (Fsp3) is 0.194. The fourth-order valence-electron chi connectivity index (χ4n) is 4.38.